The van der Waals surface area contributed by atoms with Crippen molar-refractivity contribution in [1.29, 1.82) is 0 Å². The van der Waals surface area contributed by atoms with Gasteiger partial charge in [-0.15, -0.1) is 10.2 Å². The third-order valence-corrected chi connectivity index (χ3v) is 3.99. The minimum Gasteiger partial charge on any atom is -0.398 e. The van der Waals surface area contributed by atoms with E-state index in [0.29, 0.717) is 21.4 Å². The molecule has 2 aromatic carbocycles. The molecular formula is C16H14N4OS. The fourth-order valence-electron chi connectivity index (χ4n) is 2.03. The van der Waals surface area contributed by atoms with E-state index < -0.39 is 0 Å². The predicted molar refractivity (Wildman–Crippen MR) is 88.9 cm³/mol. The highest BCUT2D eigenvalue weighted by Gasteiger charge is 2.12. The number of nitrogens with one attached hydrogen (secondary N) is 1. The number of nitrogens with zero attached hydrogens (tertiary/aromatic N) is 2. The van der Waals surface area contributed by atoms with Crippen LogP contribution in [0.25, 0.3) is 10.6 Å². The summed E-state index contributed by atoms with van der Waals surface area (Å²) >= 11 is 1.29. The summed E-state index contributed by atoms with van der Waals surface area (Å²) in [5.74, 6) is -0.201. The van der Waals surface area contributed by atoms with Crippen molar-refractivity contribution in [3.05, 3.63) is 59.7 Å². The summed E-state index contributed by atoms with van der Waals surface area (Å²) in [6.07, 6.45) is 0. The molecule has 0 radical (unpaired) electrons. The molecule has 0 fully saturated rings. The number of carbonyl (C=O) groups excluding carboxylic acids is 1. The van der Waals surface area contributed by atoms with Gasteiger partial charge in [-0.1, -0.05) is 41.2 Å². The van der Waals surface area contributed by atoms with Gasteiger partial charge in [0.1, 0.15) is 0 Å². The van der Waals surface area contributed by atoms with E-state index in [4.69, 9.17) is 5.73 Å². The quantitative estimate of drug-likeness (QED) is 0.727. The first-order valence-corrected chi connectivity index (χ1v) is 7.51. The predicted octanol–water partition coefficient (Wildman–Crippen LogP) is 3.35. The zero-order valence-electron chi connectivity index (χ0n) is 11.9. The molecule has 1 aromatic heterocycles. The molecule has 0 spiro atoms. The molecule has 1 heterocycles. The van der Waals surface area contributed by atoms with E-state index in [1.54, 1.807) is 6.07 Å². The van der Waals surface area contributed by atoms with Crippen LogP contribution < -0.4 is 11.1 Å². The molecule has 0 saturated heterocycles. The Balaban J connectivity index is 1.80. The number of rotatable bonds is 3. The largest absolute Gasteiger partial charge is 0.398 e. The van der Waals surface area contributed by atoms with Gasteiger partial charge in [-0.05, 0) is 31.2 Å². The second-order valence-corrected chi connectivity index (χ2v) is 5.80. The molecule has 6 heteroatoms. The van der Waals surface area contributed by atoms with Gasteiger partial charge in [-0.25, -0.2) is 0 Å². The van der Waals surface area contributed by atoms with Gasteiger partial charge in [0.2, 0.25) is 5.13 Å². The van der Waals surface area contributed by atoms with Crippen LogP contribution in [0.4, 0.5) is 10.8 Å². The number of anilines is 2. The van der Waals surface area contributed by atoms with Crippen molar-refractivity contribution in [1.82, 2.24) is 10.2 Å². The van der Waals surface area contributed by atoms with E-state index >= 15 is 0 Å². The zero-order chi connectivity index (χ0) is 15.5. The highest BCUT2D eigenvalue weighted by Crippen LogP contribution is 2.30. The monoisotopic (exact) mass is 310 g/mol. The first-order valence-electron chi connectivity index (χ1n) is 6.70. The summed E-state index contributed by atoms with van der Waals surface area (Å²) < 4.78 is 0. The number of hydrogen-bond donors (Lipinski definition) is 2. The number of benzene rings is 2. The topological polar surface area (TPSA) is 80.9 Å². The van der Waals surface area contributed by atoms with Crippen LogP contribution >= 0.6 is 11.3 Å². The molecule has 3 N–H and O–H groups in total. The van der Waals surface area contributed by atoms with Crippen molar-refractivity contribution >= 4 is 28.1 Å². The van der Waals surface area contributed by atoms with Crippen LogP contribution in [0, 0.1) is 6.92 Å². The van der Waals surface area contributed by atoms with E-state index in [1.807, 2.05) is 49.4 Å². The average molecular weight is 310 g/mol. The van der Waals surface area contributed by atoms with E-state index in [-0.39, 0.29) is 5.91 Å². The van der Waals surface area contributed by atoms with Crippen LogP contribution in [-0.2, 0) is 0 Å². The fraction of sp³-hybridized carbons (Fsp3) is 0.0625. The Morgan fingerprint density at radius 2 is 1.95 bits per heavy atom. The molecule has 0 atom stereocenters. The number of hydrogen-bond acceptors (Lipinski definition) is 5. The van der Waals surface area contributed by atoms with Gasteiger partial charge in [0.05, 0.1) is 0 Å². The summed E-state index contributed by atoms with van der Waals surface area (Å²) in [4.78, 5) is 12.2. The van der Waals surface area contributed by atoms with Gasteiger partial charge in [0, 0.05) is 16.8 Å². The Kier molecular flexibility index (Phi) is 3.84. The van der Waals surface area contributed by atoms with Crippen LogP contribution in [0.15, 0.2) is 48.5 Å². The summed E-state index contributed by atoms with van der Waals surface area (Å²) in [6.45, 7) is 1.94. The molecule has 0 saturated carbocycles. The van der Waals surface area contributed by atoms with Crippen LogP contribution in [0.1, 0.15) is 15.9 Å². The standard InChI is InChI=1S/C16H14N4OS/c1-10-5-4-6-11(9-10)14(21)18-16-20-19-15(22-16)12-7-2-3-8-13(12)17/h2-9H,17H2,1H3,(H,18,20,21). The maximum Gasteiger partial charge on any atom is 0.257 e. The molecule has 0 unspecified atom stereocenters. The van der Waals surface area contributed by atoms with E-state index in [0.717, 1.165) is 11.1 Å². The van der Waals surface area contributed by atoms with E-state index in [2.05, 4.69) is 15.5 Å². The molecule has 22 heavy (non-hydrogen) atoms. The third-order valence-electron chi connectivity index (χ3n) is 3.12. The molecule has 0 aliphatic carbocycles. The number of amides is 1. The van der Waals surface area contributed by atoms with E-state index in [1.165, 1.54) is 11.3 Å². The molecule has 0 bridgehead atoms. The maximum atomic E-state index is 12.2. The first kappa shape index (κ1) is 14.2. The summed E-state index contributed by atoms with van der Waals surface area (Å²) in [6, 6.07) is 14.8. The van der Waals surface area contributed by atoms with E-state index in [9.17, 15) is 4.79 Å². The number of nitrogens with two attached hydrogens (primary N) is 1. The van der Waals surface area contributed by atoms with Crippen LogP contribution in [-0.4, -0.2) is 16.1 Å². The lowest BCUT2D eigenvalue weighted by Gasteiger charge is -2.02. The summed E-state index contributed by atoms with van der Waals surface area (Å²) in [5.41, 5.74) is 9.00. The number of nitrogen functional groups attached to an aromatic ring is 1. The molecule has 5 nitrogen and oxygen atoms in total. The van der Waals surface area contributed by atoms with Crippen molar-refractivity contribution in [2.24, 2.45) is 0 Å². The lowest BCUT2D eigenvalue weighted by molar-refractivity contribution is 0.102. The van der Waals surface area contributed by atoms with Crippen molar-refractivity contribution in [2.75, 3.05) is 11.1 Å². The van der Waals surface area contributed by atoms with Crippen molar-refractivity contribution in [2.45, 2.75) is 6.92 Å². The van der Waals surface area contributed by atoms with Crippen molar-refractivity contribution in [3.63, 3.8) is 0 Å². The smallest absolute Gasteiger partial charge is 0.257 e. The van der Waals surface area contributed by atoms with Gasteiger partial charge in [0.15, 0.2) is 5.01 Å². The lowest BCUT2D eigenvalue weighted by atomic mass is 10.1. The Morgan fingerprint density at radius 1 is 1.14 bits per heavy atom. The fourth-order valence-corrected chi connectivity index (χ4v) is 2.82. The van der Waals surface area contributed by atoms with Gasteiger partial charge < -0.3 is 5.73 Å². The lowest BCUT2D eigenvalue weighted by Crippen LogP contribution is -2.11. The molecule has 1 amide bonds. The number of aromatic nitrogens is 2. The van der Waals surface area contributed by atoms with Crippen LogP contribution in [0.2, 0.25) is 0 Å². The average Bonchev–Trinajstić information content (AvgIpc) is 2.96. The van der Waals surface area contributed by atoms with Crippen LogP contribution in [0.3, 0.4) is 0 Å². The second-order valence-electron chi connectivity index (χ2n) is 4.82. The number of aryl methyl sites for hydroxylation is 1. The molecule has 0 aliphatic heterocycles. The minimum atomic E-state index is -0.201. The summed E-state index contributed by atoms with van der Waals surface area (Å²) in [5, 5.41) is 12.0. The number of para-hydroxylation sites is 1. The molecule has 110 valence electrons. The SMILES string of the molecule is Cc1cccc(C(=O)Nc2nnc(-c3ccccc3N)s2)c1. The van der Waals surface area contributed by atoms with Gasteiger partial charge in [-0.3, -0.25) is 10.1 Å². The van der Waals surface area contributed by atoms with Crippen molar-refractivity contribution in [3.8, 4) is 10.6 Å². The second kappa shape index (κ2) is 5.95. The highest BCUT2D eigenvalue weighted by atomic mass is 32.1. The maximum absolute atomic E-state index is 12.2. The molecular weight excluding hydrogens is 296 g/mol. The zero-order valence-corrected chi connectivity index (χ0v) is 12.7. The number of carbonyl (C=O) groups is 1. The van der Waals surface area contributed by atoms with Crippen molar-refractivity contribution < 1.29 is 4.79 Å². The third kappa shape index (κ3) is 2.96. The normalized spacial score (nSPS) is 10.4. The van der Waals surface area contributed by atoms with Gasteiger partial charge in [-0.2, -0.15) is 0 Å². The highest BCUT2D eigenvalue weighted by molar-refractivity contribution is 7.18. The van der Waals surface area contributed by atoms with Gasteiger partial charge in [0.25, 0.3) is 5.91 Å². The first-order chi connectivity index (χ1) is 10.6. The molecule has 3 aromatic rings. The Bertz CT molecular complexity index is 828. The Morgan fingerprint density at radius 3 is 2.73 bits per heavy atom. The Labute approximate surface area is 131 Å². The minimum absolute atomic E-state index is 0.201. The van der Waals surface area contributed by atoms with Gasteiger partial charge >= 0.3 is 0 Å². The summed E-state index contributed by atoms with van der Waals surface area (Å²) in [7, 11) is 0. The molecule has 0 aliphatic rings. The Hall–Kier alpha value is -2.73. The van der Waals surface area contributed by atoms with Crippen LogP contribution in [0.5, 0.6) is 0 Å². The molecule has 3 rings (SSSR count).